The molecule has 0 unspecified atom stereocenters. The Morgan fingerprint density at radius 2 is 2.00 bits per heavy atom. The number of aryl methyl sites for hydroxylation is 2. The number of hydrogen-bond donors (Lipinski definition) is 1. The number of carbonyl (C=O) groups is 1. The molecular weight excluding hydrogens is 328 g/mol. The summed E-state index contributed by atoms with van der Waals surface area (Å²) in [6, 6.07) is 11.5. The molecule has 0 spiro atoms. The molecule has 4 aromatic heterocycles. The summed E-state index contributed by atoms with van der Waals surface area (Å²) < 4.78 is 3.60. The van der Waals surface area contributed by atoms with E-state index in [9.17, 15) is 4.79 Å². The highest BCUT2D eigenvalue weighted by molar-refractivity contribution is 5.94. The van der Waals surface area contributed by atoms with Crippen LogP contribution in [0.5, 0.6) is 0 Å². The van der Waals surface area contributed by atoms with Crippen molar-refractivity contribution in [3.63, 3.8) is 0 Å². The molecular formula is C19H18N6O. The highest BCUT2D eigenvalue weighted by atomic mass is 16.1. The van der Waals surface area contributed by atoms with E-state index in [-0.39, 0.29) is 5.91 Å². The van der Waals surface area contributed by atoms with Crippen LogP contribution in [-0.2, 0) is 13.6 Å². The molecule has 1 amide bonds. The predicted molar refractivity (Wildman–Crippen MR) is 97.5 cm³/mol. The number of amides is 1. The van der Waals surface area contributed by atoms with E-state index in [0.29, 0.717) is 17.9 Å². The molecule has 130 valence electrons. The SMILES string of the molecule is Cc1nc2ccccn2c1C(=O)NCc1cc(-c2ccncc2)n(C)n1. The first-order chi connectivity index (χ1) is 12.6. The molecule has 0 aliphatic rings. The Hall–Kier alpha value is -3.48. The van der Waals surface area contributed by atoms with Gasteiger partial charge in [0.05, 0.1) is 23.6 Å². The summed E-state index contributed by atoms with van der Waals surface area (Å²) in [5, 5.41) is 7.42. The second-order valence-corrected chi connectivity index (χ2v) is 6.04. The Kier molecular flexibility index (Phi) is 3.96. The van der Waals surface area contributed by atoms with Gasteiger partial charge in [0.2, 0.25) is 0 Å². The number of pyridine rings is 2. The van der Waals surface area contributed by atoms with E-state index in [4.69, 9.17) is 0 Å². The molecule has 4 rings (SSSR count). The summed E-state index contributed by atoms with van der Waals surface area (Å²) in [7, 11) is 1.88. The first kappa shape index (κ1) is 16.0. The van der Waals surface area contributed by atoms with Gasteiger partial charge in [-0.25, -0.2) is 4.98 Å². The minimum atomic E-state index is -0.169. The monoisotopic (exact) mass is 346 g/mol. The topological polar surface area (TPSA) is 77.1 Å². The lowest BCUT2D eigenvalue weighted by Gasteiger charge is -2.04. The molecule has 1 N–H and O–H groups in total. The van der Waals surface area contributed by atoms with Crippen LogP contribution in [0.4, 0.5) is 0 Å². The van der Waals surface area contributed by atoms with E-state index < -0.39 is 0 Å². The molecule has 0 saturated carbocycles. The largest absolute Gasteiger partial charge is 0.345 e. The van der Waals surface area contributed by atoms with Crippen molar-refractivity contribution in [2.24, 2.45) is 7.05 Å². The second kappa shape index (κ2) is 6.44. The molecule has 0 atom stereocenters. The van der Waals surface area contributed by atoms with Crippen LogP contribution >= 0.6 is 0 Å². The van der Waals surface area contributed by atoms with Crippen LogP contribution in [0.2, 0.25) is 0 Å². The number of imidazole rings is 1. The van der Waals surface area contributed by atoms with Crippen molar-refractivity contribution >= 4 is 11.6 Å². The molecule has 7 heteroatoms. The fourth-order valence-electron chi connectivity index (χ4n) is 3.05. The van der Waals surface area contributed by atoms with Crippen LogP contribution < -0.4 is 5.32 Å². The molecule has 26 heavy (non-hydrogen) atoms. The normalized spacial score (nSPS) is 11.0. The zero-order valence-electron chi connectivity index (χ0n) is 14.5. The van der Waals surface area contributed by atoms with E-state index in [1.54, 1.807) is 21.5 Å². The summed E-state index contributed by atoms with van der Waals surface area (Å²) in [6.07, 6.45) is 5.33. The number of fused-ring (bicyclic) bond motifs is 1. The van der Waals surface area contributed by atoms with Crippen molar-refractivity contribution in [3.8, 4) is 11.3 Å². The highest BCUT2D eigenvalue weighted by Gasteiger charge is 2.16. The van der Waals surface area contributed by atoms with E-state index >= 15 is 0 Å². The van der Waals surface area contributed by atoms with Crippen molar-refractivity contribution in [2.45, 2.75) is 13.5 Å². The third-order valence-electron chi connectivity index (χ3n) is 4.26. The first-order valence-electron chi connectivity index (χ1n) is 8.28. The van der Waals surface area contributed by atoms with Crippen molar-refractivity contribution in [1.82, 2.24) is 29.5 Å². The second-order valence-electron chi connectivity index (χ2n) is 6.04. The quantitative estimate of drug-likeness (QED) is 0.615. The van der Waals surface area contributed by atoms with E-state index in [2.05, 4.69) is 20.4 Å². The molecule has 4 heterocycles. The van der Waals surface area contributed by atoms with Gasteiger partial charge < -0.3 is 5.32 Å². The maximum atomic E-state index is 12.7. The molecule has 0 bridgehead atoms. The minimum absolute atomic E-state index is 0.169. The van der Waals surface area contributed by atoms with Gasteiger partial charge in [0.1, 0.15) is 11.3 Å². The molecule has 0 aliphatic carbocycles. The lowest BCUT2D eigenvalue weighted by Crippen LogP contribution is -2.25. The summed E-state index contributed by atoms with van der Waals surface area (Å²) in [4.78, 5) is 21.1. The van der Waals surface area contributed by atoms with Gasteiger partial charge in [-0.3, -0.25) is 18.9 Å². The maximum absolute atomic E-state index is 12.7. The van der Waals surface area contributed by atoms with Gasteiger partial charge in [0.25, 0.3) is 5.91 Å². The van der Waals surface area contributed by atoms with Crippen LogP contribution in [0, 0.1) is 6.92 Å². The number of hydrogen-bond acceptors (Lipinski definition) is 4. The van der Waals surface area contributed by atoms with Crippen LogP contribution in [0.3, 0.4) is 0 Å². The lowest BCUT2D eigenvalue weighted by molar-refractivity contribution is 0.0944. The molecule has 0 fully saturated rings. The van der Waals surface area contributed by atoms with Gasteiger partial charge in [0.15, 0.2) is 0 Å². The molecule has 7 nitrogen and oxygen atoms in total. The van der Waals surface area contributed by atoms with Crippen LogP contribution in [0.1, 0.15) is 21.9 Å². The Bertz CT molecular complexity index is 1080. The third-order valence-corrected chi connectivity index (χ3v) is 4.26. The van der Waals surface area contributed by atoms with Crippen molar-refractivity contribution in [3.05, 3.63) is 72.1 Å². The third kappa shape index (κ3) is 2.83. The molecule has 0 radical (unpaired) electrons. The van der Waals surface area contributed by atoms with E-state index in [1.165, 1.54) is 0 Å². The van der Waals surface area contributed by atoms with Crippen LogP contribution in [-0.4, -0.2) is 30.1 Å². The van der Waals surface area contributed by atoms with Gasteiger partial charge in [-0.1, -0.05) is 6.07 Å². The average molecular weight is 346 g/mol. The van der Waals surface area contributed by atoms with Crippen molar-refractivity contribution in [1.29, 1.82) is 0 Å². The molecule has 0 saturated heterocycles. The number of carbonyl (C=O) groups excluding carboxylic acids is 1. The minimum Gasteiger partial charge on any atom is -0.345 e. The van der Waals surface area contributed by atoms with Gasteiger partial charge >= 0.3 is 0 Å². The first-order valence-corrected chi connectivity index (χ1v) is 8.28. The van der Waals surface area contributed by atoms with Crippen molar-refractivity contribution < 1.29 is 4.79 Å². The number of aromatic nitrogens is 5. The molecule has 0 aromatic carbocycles. The standard InChI is InChI=1S/C19H18N6O/c1-13-18(25-10-4-3-5-17(25)22-13)19(26)21-12-15-11-16(24(2)23-15)14-6-8-20-9-7-14/h3-11H,12H2,1-2H3,(H,21,26). The summed E-state index contributed by atoms with van der Waals surface area (Å²) in [5.74, 6) is -0.169. The summed E-state index contributed by atoms with van der Waals surface area (Å²) in [6.45, 7) is 2.18. The molecule has 4 aromatic rings. The summed E-state index contributed by atoms with van der Waals surface area (Å²) >= 11 is 0. The highest BCUT2D eigenvalue weighted by Crippen LogP contribution is 2.19. The lowest BCUT2D eigenvalue weighted by atomic mass is 10.2. The Balaban J connectivity index is 1.54. The zero-order chi connectivity index (χ0) is 18.1. The predicted octanol–water partition coefficient (Wildman–Crippen LogP) is 2.37. The zero-order valence-corrected chi connectivity index (χ0v) is 14.5. The average Bonchev–Trinajstić information content (AvgIpc) is 3.19. The van der Waals surface area contributed by atoms with Gasteiger partial charge in [-0.05, 0) is 37.3 Å². The molecule has 0 aliphatic heterocycles. The fraction of sp³-hybridized carbons (Fsp3) is 0.158. The van der Waals surface area contributed by atoms with Gasteiger partial charge in [0, 0.05) is 31.2 Å². The van der Waals surface area contributed by atoms with Crippen molar-refractivity contribution in [2.75, 3.05) is 0 Å². The number of nitrogens with one attached hydrogen (secondary N) is 1. The van der Waals surface area contributed by atoms with E-state index in [1.807, 2.05) is 56.6 Å². The number of rotatable bonds is 4. The van der Waals surface area contributed by atoms with Crippen LogP contribution in [0.25, 0.3) is 16.9 Å². The number of nitrogens with zero attached hydrogens (tertiary/aromatic N) is 5. The Morgan fingerprint density at radius 3 is 2.81 bits per heavy atom. The van der Waals surface area contributed by atoms with Gasteiger partial charge in [-0.15, -0.1) is 0 Å². The Morgan fingerprint density at radius 1 is 1.19 bits per heavy atom. The van der Waals surface area contributed by atoms with E-state index in [0.717, 1.165) is 22.6 Å². The summed E-state index contributed by atoms with van der Waals surface area (Å²) in [5.41, 5.74) is 4.80. The maximum Gasteiger partial charge on any atom is 0.270 e. The fourth-order valence-corrected chi connectivity index (χ4v) is 3.05. The Labute approximate surface area is 150 Å². The smallest absolute Gasteiger partial charge is 0.270 e. The van der Waals surface area contributed by atoms with Gasteiger partial charge in [-0.2, -0.15) is 5.10 Å². The van der Waals surface area contributed by atoms with Crippen LogP contribution in [0.15, 0.2) is 55.0 Å².